The smallest absolute Gasteiger partial charge is 0.272 e. The van der Waals surface area contributed by atoms with Gasteiger partial charge >= 0.3 is 0 Å². The molecule has 25 heavy (non-hydrogen) atoms. The molecule has 0 aliphatic carbocycles. The SMILES string of the molecule is CCCS(=O)(=O)N1CCCC(c2cc3n(n2)CCCN(CC)C3=O)C1. The summed E-state index contributed by atoms with van der Waals surface area (Å²) in [4.78, 5) is 14.5. The fraction of sp³-hybridized carbons (Fsp3) is 0.765. The molecule has 140 valence electrons. The molecule has 1 aromatic heterocycles. The lowest BCUT2D eigenvalue weighted by atomic mass is 9.96. The van der Waals surface area contributed by atoms with E-state index in [9.17, 15) is 13.2 Å². The van der Waals surface area contributed by atoms with Crippen molar-refractivity contribution in [1.29, 1.82) is 0 Å². The summed E-state index contributed by atoms with van der Waals surface area (Å²) in [5.74, 6) is 0.302. The molecule has 0 aromatic carbocycles. The second-order valence-corrected chi connectivity index (χ2v) is 9.02. The van der Waals surface area contributed by atoms with Crippen LogP contribution in [0.25, 0.3) is 0 Å². The van der Waals surface area contributed by atoms with Crippen molar-refractivity contribution in [2.75, 3.05) is 31.9 Å². The highest BCUT2D eigenvalue weighted by Crippen LogP contribution is 2.29. The van der Waals surface area contributed by atoms with Crippen molar-refractivity contribution in [2.24, 2.45) is 0 Å². The zero-order valence-electron chi connectivity index (χ0n) is 15.1. The lowest BCUT2D eigenvalue weighted by Crippen LogP contribution is -2.40. The Morgan fingerprint density at radius 1 is 1.20 bits per heavy atom. The van der Waals surface area contributed by atoms with Gasteiger partial charge in [-0.2, -0.15) is 5.10 Å². The highest BCUT2D eigenvalue weighted by atomic mass is 32.2. The first-order valence-corrected chi connectivity index (χ1v) is 10.9. The van der Waals surface area contributed by atoms with E-state index < -0.39 is 10.0 Å². The molecular formula is C17H28N4O3S. The predicted molar refractivity (Wildman–Crippen MR) is 96.0 cm³/mol. The van der Waals surface area contributed by atoms with E-state index in [2.05, 4.69) is 5.10 Å². The van der Waals surface area contributed by atoms with Crippen molar-refractivity contribution in [1.82, 2.24) is 19.0 Å². The van der Waals surface area contributed by atoms with Gasteiger partial charge in [0.15, 0.2) is 0 Å². The fourth-order valence-corrected chi connectivity index (χ4v) is 5.37. The fourth-order valence-electron chi connectivity index (χ4n) is 3.78. The number of rotatable bonds is 5. The normalized spacial score (nSPS) is 22.7. The van der Waals surface area contributed by atoms with Crippen LogP contribution in [0.4, 0.5) is 0 Å². The van der Waals surface area contributed by atoms with Crippen LogP contribution in [-0.4, -0.2) is 65.2 Å². The van der Waals surface area contributed by atoms with E-state index in [1.165, 1.54) is 0 Å². The van der Waals surface area contributed by atoms with Gasteiger partial charge in [0.2, 0.25) is 10.0 Å². The second-order valence-electron chi connectivity index (χ2n) is 6.93. The number of aryl methyl sites for hydroxylation is 1. The van der Waals surface area contributed by atoms with Crippen LogP contribution < -0.4 is 0 Å². The Balaban J connectivity index is 1.81. The van der Waals surface area contributed by atoms with Gasteiger partial charge in [-0.1, -0.05) is 6.92 Å². The van der Waals surface area contributed by atoms with Crippen LogP contribution in [0.15, 0.2) is 6.07 Å². The molecule has 0 bridgehead atoms. The summed E-state index contributed by atoms with van der Waals surface area (Å²) >= 11 is 0. The molecule has 7 nitrogen and oxygen atoms in total. The Hall–Kier alpha value is -1.41. The van der Waals surface area contributed by atoms with Crippen LogP contribution in [0, 0.1) is 0 Å². The average molecular weight is 369 g/mol. The zero-order chi connectivity index (χ0) is 18.0. The topological polar surface area (TPSA) is 75.5 Å². The van der Waals surface area contributed by atoms with Gasteiger partial charge in [-0.3, -0.25) is 9.48 Å². The molecule has 1 atom stereocenters. The Labute approximate surface area is 150 Å². The van der Waals surface area contributed by atoms with E-state index in [4.69, 9.17) is 0 Å². The van der Waals surface area contributed by atoms with Crippen molar-refractivity contribution in [2.45, 2.75) is 52.0 Å². The van der Waals surface area contributed by atoms with Crippen molar-refractivity contribution >= 4 is 15.9 Å². The first kappa shape index (κ1) is 18.4. The van der Waals surface area contributed by atoms with Crippen LogP contribution in [0.3, 0.4) is 0 Å². The summed E-state index contributed by atoms with van der Waals surface area (Å²) in [6.45, 7) is 7.15. The Kier molecular flexibility index (Phi) is 5.48. The standard InChI is InChI=1S/C17H28N4O3S/c1-3-11-25(23,24)20-9-5-7-14(13-20)15-12-16-17(22)19(4-2)8-6-10-21(16)18-15/h12,14H,3-11,13H2,1-2H3. The van der Waals surface area contributed by atoms with E-state index in [1.54, 1.807) is 4.31 Å². The number of hydrogen-bond donors (Lipinski definition) is 0. The molecule has 0 N–H and O–H groups in total. The van der Waals surface area contributed by atoms with Crippen molar-refractivity contribution in [3.63, 3.8) is 0 Å². The molecule has 1 aromatic rings. The molecule has 0 spiro atoms. The summed E-state index contributed by atoms with van der Waals surface area (Å²) in [7, 11) is -3.18. The second kappa shape index (κ2) is 7.45. The molecule has 0 radical (unpaired) electrons. The monoisotopic (exact) mass is 368 g/mol. The van der Waals surface area contributed by atoms with Gasteiger partial charge in [-0.05, 0) is 38.7 Å². The summed E-state index contributed by atoms with van der Waals surface area (Å²) in [6, 6.07) is 1.89. The number of fused-ring (bicyclic) bond motifs is 1. The number of nitrogens with zero attached hydrogens (tertiary/aromatic N) is 4. The molecule has 0 saturated carbocycles. The maximum atomic E-state index is 12.6. The van der Waals surface area contributed by atoms with Crippen molar-refractivity contribution < 1.29 is 13.2 Å². The molecule has 3 rings (SSSR count). The molecule has 2 aliphatic rings. The molecule has 1 amide bonds. The predicted octanol–water partition coefficient (Wildman–Crippen LogP) is 1.67. The van der Waals surface area contributed by atoms with Gasteiger partial charge < -0.3 is 4.90 Å². The number of amides is 1. The van der Waals surface area contributed by atoms with Gasteiger partial charge in [0, 0.05) is 38.6 Å². The van der Waals surface area contributed by atoms with Gasteiger partial charge in [0.25, 0.3) is 5.91 Å². The average Bonchev–Trinajstić information content (AvgIpc) is 2.96. The molecule has 1 fully saturated rings. The van der Waals surface area contributed by atoms with Gasteiger partial charge in [-0.15, -0.1) is 0 Å². The Morgan fingerprint density at radius 3 is 2.72 bits per heavy atom. The number of aromatic nitrogens is 2. The number of carbonyl (C=O) groups is 1. The third kappa shape index (κ3) is 3.74. The largest absolute Gasteiger partial charge is 0.338 e. The third-order valence-electron chi connectivity index (χ3n) is 5.14. The molecular weight excluding hydrogens is 340 g/mol. The minimum atomic E-state index is -3.18. The number of piperidine rings is 1. The van der Waals surface area contributed by atoms with Crippen molar-refractivity contribution in [3.05, 3.63) is 17.5 Å². The summed E-state index contributed by atoms with van der Waals surface area (Å²) in [5, 5.41) is 4.66. The number of hydrogen-bond acceptors (Lipinski definition) is 4. The van der Waals surface area contributed by atoms with E-state index in [0.717, 1.165) is 38.0 Å². The van der Waals surface area contributed by atoms with E-state index in [0.29, 0.717) is 31.7 Å². The van der Waals surface area contributed by atoms with Gasteiger partial charge in [-0.25, -0.2) is 12.7 Å². The molecule has 1 unspecified atom stereocenters. The maximum absolute atomic E-state index is 12.6. The number of sulfonamides is 1. The van der Waals surface area contributed by atoms with E-state index in [1.807, 2.05) is 29.5 Å². The van der Waals surface area contributed by atoms with Crippen LogP contribution >= 0.6 is 0 Å². The lowest BCUT2D eigenvalue weighted by Gasteiger charge is -2.31. The first-order valence-electron chi connectivity index (χ1n) is 9.31. The molecule has 2 aliphatic heterocycles. The minimum absolute atomic E-state index is 0.0324. The van der Waals surface area contributed by atoms with Crippen LogP contribution in [-0.2, 0) is 16.6 Å². The van der Waals surface area contributed by atoms with Gasteiger partial charge in [0.1, 0.15) is 5.69 Å². The first-order chi connectivity index (χ1) is 12.0. The Bertz CT molecular complexity index is 728. The zero-order valence-corrected chi connectivity index (χ0v) is 16.0. The van der Waals surface area contributed by atoms with Crippen LogP contribution in [0.2, 0.25) is 0 Å². The summed E-state index contributed by atoms with van der Waals surface area (Å²) < 4.78 is 28.2. The minimum Gasteiger partial charge on any atom is -0.338 e. The van der Waals surface area contributed by atoms with Crippen LogP contribution in [0.1, 0.15) is 61.6 Å². The maximum Gasteiger partial charge on any atom is 0.272 e. The van der Waals surface area contributed by atoms with Crippen LogP contribution in [0.5, 0.6) is 0 Å². The van der Waals surface area contributed by atoms with Gasteiger partial charge in [0.05, 0.1) is 11.4 Å². The van der Waals surface area contributed by atoms with E-state index >= 15 is 0 Å². The third-order valence-corrected chi connectivity index (χ3v) is 7.19. The summed E-state index contributed by atoms with van der Waals surface area (Å²) in [5.41, 5.74) is 1.50. The van der Waals surface area contributed by atoms with E-state index in [-0.39, 0.29) is 17.6 Å². The lowest BCUT2D eigenvalue weighted by molar-refractivity contribution is 0.0766. The molecule has 8 heteroatoms. The summed E-state index contributed by atoms with van der Waals surface area (Å²) in [6.07, 6.45) is 3.28. The highest BCUT2D eigenvalue weighted by Gasteiger charge is 2.32. The molecule has 1 saturated heterocycles. The van der Waals surface area contributed by atoms with Crippen molar-refractivity contribution in [3.8, 4) is 0 Å². The Morgan fingerprint density at radius 2 is 2.00 bits per heavy atom. The highest BCUT2D eigenvalue weighted by molar-refractivity contribution is 7.89. The molecule has 3 heterocycles. The quantitative estimate of drug-likeness (QED) is 0.792. The number of carbonyl (C=O) groups excluding carboxylic acids is 1.